The van der Waals surface area contributed by atoms with Crippen molar-refractivity contribution in [1.82, 2.24) is 14.8 Å². The second-order valence-corrected chi connectivity index (χ2v) is 3.93. The summed E-state index contributed by atoms with van der Waals surface area (Å²) in [5.74, 6) is -0.498. The van der Waals surface area contributed by atoms with E-state index in [2.05, 4.69) is 15.4 Å². The quantitative estimate of drug-likeness (QED) is 0.823. The molecule has 0 bridgehead atoms. The van der Waals surface area contributed by atoms with Crippen molar-refractivity contribution in [2.24, 2.45) is 0 Å². The van der Waals surface area contributed by atoms with Gasteiger partial charge in [0.15, 0.2) is 0 Å². The van der Waals surface area contributed by atoms with E-state index in [-0.39, 0.29) is 6.04 Å². The van der Waals surface area contributed by atoms with Gasteiger partial charge in [0.05, 0.1) is 6.04 Å². The van der Waals surface area contributed by atoms with E-state index in [0.717, 1.165) is 6.07 Å². The Labute approximate surface area is 96.3 Å². The first kappa shape index (κ1) is 10.2. The van der Waals surface area contributed by atoms with Crippen LogP contribution < -0.4 is 5.32 Å². The number of anilines is 1. The molecule has 1 N–H and O–H groups in total. The molecular formula is C11H10F2N4. The predicted molar refractivity (Wildman–Crippen MR) is 57.6 cm³/mol. The van der Waals surface area contributed by atoms with Crippen LogP contribution in [0.3, 0.4) is 0 Å². The number of nitrogens with one attached hydrogen (secondary N) is 1. The van der Waals surface area contributed by atoms with Crippen LogP contribution in [0.1, 0.15) is 18.0 Å². The van der Waals surface area contributed by atoms with Crippen LogP contribution in [0.4, 0.5) is 14.7 Å². The number of nitrogens with zero attached hydrogens (tertiary/aromatic N) is 3. The summed E-state index contributed by atoms with van der Waals surface area (Å²) in [6.07, 6.45) is 2.11. The van der Waals surface area contributed by atoms with E-state index in [1.807, 2.05) is 0 Å². The molecule has 1 atom stereocenters. The molecule has 2 heterocycles. The molecule has 2 aromatic rings. The second-order valence-electron chi connectivity index (χ2n) is 3.93. The molecule has 17 heavy (non-hydrogen) atoms. The van der Waals surface area contributed by atoms with Crippen molar-refractivity contribution in [3.05, 3.63) is 41.7 Å². The van der Waals surface area contributed by atoms with Crippen molar-refractivity contribution in [3.63, 3.8) is 0 Å². The maximum atomic E-state index is 13.7. The monoisotopic (exact) mass is 236 g/mol. The summed E-state index contributed by atoms with van der Waals surface area (Å²) in [7, 11) is 0. The molecule has 1 aliphatic heterocycles. The van der Waals surface area contributed by atoms with Gasteiger partial charge in [-0.2, -0.15) is 10.1 Å². The van der Waals surface area contributed by atoms with Crippen molar-refractivity contribution in [1.29, 1.82) is 0 Å². The molecule has 4 nitrogen and oxygen atoms in total. The Morgan fingerprint density at radius 3 is 3.06 bits per heavy atom. The molecule has 1 unspecified atom stereocenters. The molecule has 1 aromatic heterocycles. The van der Waals surface area contributed by atoms with E-state index in [1.54, 1.807) is 4.68 Å². The minimum Gasteiger partial charge on any atom is -0.354 e. The van der Waals surface area contributed by atoms with Crippen molar-refractivity contribution in [3.8, 4) is 0 Å². The number of rotatable bonds is 1. The molecule has 0 radical (unpaired) electrons. The third-order valence-electron chi connectivity index (χ3n) is 2.89. The van der Waals surface area contributed by atoms with Gasteiger partial charge in [-0.15, -0.1) is 0 Å². The molecule has 88 valence electrons. The van der Waals surface area contributed by atoms with Crippen LogP contribution in [0.25, 0.3) is 0 Å². The lowest BCUT2D eigenvalue weighted by Crippen LogP contribution is -2.25. The summed E-state index contributed by atoms with van der Waals surface area (Å²) in [6.45, 7) is 0.695. The molecule has 1 aliphatic rings. The van der Waals surface area contributed by atoms with E-state index in [4.69, 9.17) is 0 Å². The van der Waals surface area contributed by atoms with Gasteiger partial charge in [0.25, 0.3) is 0 Å². The van der Waals surface area contributed by atoms with E-state index in [9.17, 15) is 8.78 Å². The molecule has 6 heteroatoms. The molecular weight excluding hydrogens is 226 g/mol. The van der Waals surface area contributed by atoms with Crippen LogP contribution >= 0.6 is 0 Å². The number of halogens is 2. The van der Waals surface area contributed by atoms with Crippen LogP contribution in [-0.2, 0) is 0 Å². The van der Waals surface area contributed by atoms with Gasteiger partial charge < -0.3 is 5.32 Å². The standard InChI is InChI=1S/C11H10F2N4/c12-7-1-2-8(9(13)5-7)10-3-4-14-11-15-6-16-17(10)11/h1-2,5-6,10H,3-4H2,(H,14,15,16). The van der Waals surface area contributed by atoms with Gasteiger partial charge in [-0.05, 0) is 12.5 Å². The van der Waals surface area contributed by atoms with Gasteiger partial charge in [-0.1, -0.05) is 6.07 Å². The Bertz CT molecular complexity index is 552. The SMILES string of the molecule is Fc1ccc(C2CCNc3ncnn32)c(F)c1. The maximum Gasteiger partial charge on any atom is 0.221 e. The molecule has 0 amide bonds. The molecule has 0 spiro atoms. The molecule has 3 rings (SSSR count). The van der Waals surface area contributed by atoms with Crippen LogP contribution in [0.15, 0.2) is 24.5 Å². The number of aromatic nitrogens is 3. The third kappa shape index (κ3) is 1.65. The van der Waals surface area contributed by atoms with Gasteiger partial charge in [-0.3, -0.25) is 0 Å². The largest absolute Gasteiger partial charge is 0.354 e. The van der Waals surface area contributed by atoms with Gasteiger partial charge >= 0.3 is 0 Å². The van der Waals surface area contributed by atoms with Crippen molar-refractivity contribution in [2.75, 3.05) is 11.9 Å². The van der Waals surface area contributed by atoms with Crippen LogP contribution in [-0.4, -0.2) is 21.3 Å². The molecule has 1 aromatic carbocycles. The number of hydrogen-bond acceptors (Lipinski definition) is 3. The lowest BCUT2D eigenvalue weighted by atomic mass is 10.0. The fourth-order valence-electron chi connectivity index (χ4n) is 2.11. The minimum atomic E-state index is -0.570. The Balaban J connectivity index is 2.06. The number of fused-ring (bicyclic) bond motifs is 1. The fourth-order valence-corrected chi connectivity index (χ4v) is 2.11. The average Bonchev–Trinajstić information content (AvgIpc) is 2.77. The highest BCUT2D eigenvalue weighted by Gasteiger charge is 2.24. The summed E-state index contributed by atoms with van der Waals surface area (Å²) < 4.78 is 28.2. The van der Waals surface area contributed by atoms with E-state index in [1.165, 1.54) is 18.5 Å². The Morgan fingerprint density at radius 1 is 1.35 bits per heavy atom. The van der Waals surface area contributed by atoms with Crippen LogP contribution in [0.2, 0.25) is 0 Å². The van der Waals surface area contributed by atoms with Crippen LogP contribution in [0.5, 0.6) is 0 Å². The fraction of sp³-hybridized carbons (Fsp3) is 0.273. The zero-order valence-corrected chi connectivity index (χ0v) is 8.90. The molecule has 0 aliphatic carbocycles. The molecule has 0 saturated carbocycles. The summed E-state index contributed by atoms with van der Waals surface area (Å²) in [5, 5.41) is 7.13. The summed E-state index contributed by atoms with van der Waals surface area (Å²) in [5.41, 5.74) is 0.444. The third-order valence-corrected chi connectivity index (χ3v) is 2.89. The van der Waals surface area contributed by atoms with Gasteiger partial charge in [0.2, 0.25) is 5.95 Å². The minimum absolute atomic E-state index is 0.227. The second kappa shape index (κ2) is 3.80. The highest BCUT2D eigenvalue weighted by molar-refractivity contribution is 5.32. The van der Waals surface area contributed by atoms with Gasteiger partial charge in [0.1, 0.15) is 18.0 Å². The van der Waals surface area contributed by atoms with Gasteiger partial charge in [-0.25, -0.2) is 13.5 Å². The molecule has 0 saturated heterocycles. The summed E-state index contributed by atoms with van der Waals surface area (Å²) >= 11 is 0. The lowest BCUT2D eigenvalue weighted by molar-refractivity contribution is 0.454. The first-order valence-corrected chi connectivity index (χ1v) is 5.34. The van der Waals surface area contributed by atoms with Crippen molar-refractivity contribution >= 4 is 5.95 Å². The van der Waals surface area contributed by atoms with Crippen LogP contribution in [0, 0.1) is 11.6 Å². The summed E-state index contributed by atoms with van der Waals surface area (Å²) in [6, 6.07) is 3.39. The molecule has 0 fully saturated rings. The smallest absolute Gasteiger partial charge is 0.221 e. The van der Waals surface area contributed by atoms with Crippen molar-refractivity contribution in [2.45, 2.75) is 12.5 Å². The Hall–Kier alpha value is -1.98. The Morgan fingerprint density at radius 2 is 2.24 bits per heavy atom. The zero-order valence-electron chi connectivity index (χ0n) is 8.90. The average molecular weight is 236 g/mol. The number of hydrogen-bond donors (Lipinski definition) is 1. The van der Waals surface area contributed by atoms with E-state index in [0.29, 0.717) is 24.5 Å². The predicted octanol–water partition coefficient (Wildman–Crippen LogP) is 1.96. The maximum absolute atomic E-state index is 13.7. The zero-order chi connectivity index (χ0) is 11.8. The normalized spacial score (nSPS) is 18.6. The number of benzene rings is 1. The highest BCUT2D eigenvalue weighted by atomic mass is 19.1. The van der Waals surface area contributed by atoms with E-state index >= 15 is 0 Å². The first-order valence-electron chi connectivity index (χ1n) is 5.34. The first-order chi connectivity index (χ1) is 8.25. The van der Waals surface area contributed by atoms with E-state index < -0.39 is 11.6 Å². The topological polar surface area (TPSA) is 42.7 Å². The van der Waals surface area contributed by atoms with Gasteiger partial charge in [0, 0.05) is 18.2 Å². The lowest BCUT2D eigenvalue weighted by Gasteiger charge is -2.25. The Kier molecular flexibility index (Phi) is 2.28. The highest BCUT2D eigenvalue weighted by Crippen LogP contribution is 2.29. The van der Waals surface area contributed by atoms with Crippen molar-refractivity contribution < 1.29 is 8.78 Å². The summed E-state index contributed by atoms with van der Waals surface area (Å²) in [4.78, 5) is 4.02.